The van der Waals surface area contributed by atoms with E-state index in [0.717, 1.165) is 12.0 Å². The molecular weight excluding hydrogens is 460 g/mol. The molecule has 0 aliphatic heterocycles. The summed E-state index contributed by atoms with van der Waals surface area (Å²) in [6.45, 7) is 4.38. The Bertz CT molecular complexity index is 1310. The highest BCUT2D eigenvalue weighted by atomic mass is 35.5. The number of aromatic nitrogens is 5. The Morgan fingerprint density at radius 2 is 1.91 bits per heavy atom. The maximum atomic E-state index is 13.0. The zero-order chi connectivity index (χ0) is 24.1. The maximum Gasteiger partial charge on any atom is 0.294 e. The third-order valence-corrected chi connectivity index (χ3v) is 5.02. The van der Waals surface area contributed by atoms with Crippen molar-refractivity contribution in [2.75, 3.05) is 12.3 Å². The first kappa shape index (κ1) is 22.9. The predicted molar refractivity (Wildman–Crippen MR) is 126 cm³/mol. The van der Waals surface area contributed by atoms with Crippen LogP contribution in [0.25, 0.3) is 17.1 Å². The van der Waals surface area contributed by atoms with Crippen LogP contribution in [0.1, 0.15) is 36.3 Å². The van der Waals surface area contributed by atoms with Crippen molar-refractivity contribution in [2.45, 2.75) is 20.3 Å². The molecule has 0 saturated heterocycles. The van der Waals surface area contributed by atoms with Crippen LogP contribution in [0.2, 0.25) is 5.02 Å². The Balaban J connectivity index is 1.67. The zero-order valence-electron chi connectivity index (χ0n) is 18.4. The molecule has 0 atom stereocenters. The van der Waals surface area contributed by atoms with Gasteiger partial charge >= 0.3 is 0 Å². The van der Waals surface area contributed by atoms with E-state index in [9.17, 15) is 4.79 Å². The molecule has 12 heteroatoms. The topological polar surface area (TPSA) is 146 Å². The minimum absolute atomic E-state index is 0.00221. The van der Waals surface area contributed by atoms with Crippen molar-refractivity contribution >= 4 is 29.0 Å². The van der Waals surface area contributed by atoms with Gasteiger partial charge in [-0.2, -0.15) is 9.78 Å². The van der Waals surface area contributed by atoms with E-state index in [1.165, 1.54) is 4.68 Å². The third kappa shape index (κ3) is 4.89. The van der Waals surface area contributed by atoms with Gasteiger partial charge in [0, 0.05) is 10.6 Å². The van der Waals surface area contributed by atoms with Gasteiger partial charge in [-0.25, -0.2) is 10.1 Å². The first-order valence-corrected chi connectivity index (χ1v) is 10.7. The van der Waals surface area contributed by atoms with Gasteiger partial charge in [-0.05, 0) is 65.6 Å². The van der Waals surface area contributed by atoms with Gasteiger partial charge in [0.25, 0.3) is 5.91 Å². The molecule has 0 fully saturated rings. The Morgan fingerprint density at radius 3 is 2.56 bits per heavy atom. The number of ether oxygens (including phenoxy) is 1. The molecule has 0 radical (unpaired) electrons. The highest BCUT2D eigenvalue weighted by Crippen LogP contribution is 2.28. The minimum atomic E-state index is -0.573. The molecule has 1 amide bonds. The van der Waals surface area contributed by atoms with Crippen LogP contribution in [0.3, 0.4) is 0 Å². The van der Waals surface area contributed by atoms with Gasteiger partial charge in [-0.1, -0.05) is 35.9 Å². The number of hydrazone groups is 1. The van der Waals surface area contributed by atoms with Gasteiger partial charge in [-0.15, -0.1) is 5.10 Å². The van der Waals surface area contributed by atoms with E-state index in [2.05, 4.69) is 31.2 Å². The first-order chi connectivity index (χ1) is 16.5. The fourth-order valence-electron chi connectivity index (χ4n) is 3.05. The van der Waals surface area contributed by atoms with Gasteiger partial charge in [0.15, 0.2) is 5.69 Å². The molecule has 34 heavy (non-hydrogen) atoms. The van der Waals surface area contributed by atoms with Crippen LogP contribution in [0.5, 0.6) is 5.75 Å². The van der Waals surface area contributed by atoms with Crippen molar-refractivity contribution in [1.82, 2.24) is 30.7 Å². The van der Waals surface area contributed by atoms with Crippen LogP contribution in [0.4, 0.5) is 5.82 Å². The van der Waals surface area contributed by atoms with E-state index in [-0.39, 0.29) is 17.3 Å². The molecule has 11 nitrogen and oxygen atoms in total. The number of benzene rings is 2. The molecule has 0 aliphatic carbocycles. The van der Waals surface area contributed by atoms with Gasteiger partial charge in [-0.3, -0.25) is 4.79 Å². The normalized spacial score (nSPS) is 11.4. The Morgan fingerprint density at radius 1 is 1.18 bits per heavy atom. The first-order valence-electron chi connectivity index (χ1n) is 10.4. The second-order valence-corrected chi connectivity index (χ2v) is 7.63. The average molecular weight is 481 g/mol. The lowest BCUT2D eigenvalue weighted by molar-refractivity contribution is 0.0950. The number of nitrogens with one attached hydrogen (secondary N) is 1. The van der Waals surface area contributed by atoms with Crippen LogP contribution in [-0.4, -0.2) is 43.5 Å². The molecular formula is C22H21ClN8O3. The number of rotatable bonds is 8. The summed E-state index contributed by atoms with van der Waals surface area (Å²) < 4.78 is 11.6. The Kier molecular flexibility index (Phi) is 6.83. The smallest absolute Gasteiger partial charge is 0.294 e. The predicted octanol–water partition coefficient (Wildman–Crippen LogP) is 3.50. The third-order valence-electron chi connectivity index (χ3n) is 4.77. The van der Waals surface area contributed by atoms with E-state index < -0.39 is 5.91 Å². The van der Waals surface area contributed by atoms with Crippen molar-refractivity contribution < 1.29 is 14.2 Å². The number of anilines is 1. The second-order valence-electron chi connectivity index (χ2n) is 7.19. The fourth-order valence-corrected chi connectivity index (χ4v) is 3.18. The fraction of sp³-hybridized carbons (Fsp3) is 0.182. The maximum absolute atomic E-state index is 13.0. The van der Waals surface area contributed by atoms with Crippen molar-refractivity contribution in [1.29, 1.82) is 0 Å². The number of nitrogens with two attached hydrogens (primary N) is 1. The molecule has 3 N–H and O–H groups in total. The van der Waals surface area contributed by atoms with E-state index in [1.807, 2.05) is 6.92 Å². The molecule has 0 aliphatic rings. The van der Waals surface area contributed by atoms with E-state index in [4.69, 9.17) is 26.7 Å². The van der Waals surface area contributed by atoms with E-state index in [0.29, 0.717) is 34.3 Å². The summed E-state index contributed by atoms with van der Waals surface area (Å²) in [5.41, 5.74) is 10.7. The number of carbonyl (C=O) groups excluding carboxylic acids is 1. The summed E-state index contributed by atoms with van der Waals surface area (Å²) in [5.74, 6) is 0.226. The van der Waals surface area contributed by atoms with Crippen molar-refractivity contribution in [3.05, 3.63) is 64.8 Å². The summed E-state index contributed by atoms with van der Waals surface area (Å²) in [6.07, 6.45) is 0.886. The van der Waals surface area contributed by atoms with Crippen LogP contribution in [0, 0.1) is 0 Å². The van der Waals surface area contributed by atoms with Crippen molar-refractivity contribution in [3.63, 3.8) is 0 Å². The molecule has 174 valence electrons. The lowest BCUT2D eigenvalue weighted by Gasteiger charge is -2.08. The SMILES string of the molecule is CCCOc1ccc(-c2c(C(=O)N/N=C(\C)c3ccc(Cl)cc3)nnn2-c2nonc2N)cc1. The van der Waals surface area contributed by atoms with Crippen molar-refractivity contribution in [3.8, 4) is 22.8 Å². The van der Waals surface area contributed by atoms with Crippen LogP contribution in [0.15, 0.2) is 58.3 Å². The molecule has 0 bridgehead atoms. The van der Waals surface area contributed by atoms with Crippen LogP contribution >= 0.6 is 11.6 Å². The Labute approximate surface area is 199 Å². The number of nitrogen functional groups attached to an aromatic ring is 1. The monoisotopic (exact) mass is 480 g/mol. The number of hydrogen-bond donors (Lipinski definition) is 2. The van der Waals surface area contributed by atoms with E-state index >= 15 is 0 Å². The highest BCUT2D eigenvalue weighted by molar-refractivity contribution is 6.30. The van der Waals surface area contributed by atoms with Gasteiger partial charge in [0.2, 0.25) is 11.6 Å². The summed E-state index contributed by atoms with van der Waals surface area (Å²) in [5, 5.41) is 20.2. The lowest BCUT2D eigenvalue weighted by Crippen LogP contribution is -2.21. The average Bonchev–Trinajstić information content (AvgIpc) is 3.47. The number of carbonyl (C=O) groups is 1. The molecule has 4 rings (SSSR count). The number of halogens is 1. The number of amides is 1. The molecule has 0 unspecified atom stereocenters. The van der Waals surface area contributed by atoms with Crippen LogP contribution in [-0.2, 0) is 0 Å². The zero-order valence-corrected chi connectivity index (χ0v) is 19.2. The summed E-state index contributed by atoms with van der Waals surface area (Å²) in [6, 6.07) is 14.2. The quantitative estimate of drug-likeness (QED) is 0.287. The molecule has 2 heterocycles. The summed E-state index contributed by atoms with van der Waals surface area (Å²) >= 11 is 5.93. The summed E-state index contributed by atoms with van der Waals surface area (Å²) in [7, 11) is 0. The number of hydrogen-bond acceptors (Lipinski definition) is 9. The Hall–Kier alpha value is -4.25. The van der Waals surface area contributed by atoms with Crippen LogP contribution < -0.4 is 15.9 Å². The van der Waals surface area contributed by atoms with Gasteiger partial charge in [0.1, 0.15) is 11.4 Å². The van der Waals surface area contributed by atoms with Gasteiger partial charge in [0.05, 0.1) is 12.3 Å². The largest absolute Gasteiger partial charge is 0.494 e. The number of nitrogens with zero attached hydrogens (tertiary/aromatic N) is 6. The van der Waals surface area contributed by atoms with Gasteiger partial charge < -0.3 is 10.5 Å². The van der Waals surface area contributed by atoms with Crippen molar-refractivity contribution in [2.24, 2.45) is 5.10 Å². The van der Waals surface area contributed by atoms with E-state index in [1.54, 1.807) is 55.5 Å². The lowest BCUT2D eigenvalue weighted by atomic mass is 10.1. The standard InChI is InChI=1S/C22H21ClN8O3/c1-3-12-33-17-10-6-15(7-11-17)19-18(26-30-31(19)21-20(24)28-34-29-21)22(32)27-25-13(2)14-4-8-16(23)9-5-14/h4-11H,3,12H2,1-2H3,(H2,24,28)(H,27,32)/b25-13+. The highest BCUT2D eigenvalue weighted by Gasteiger charge is 2.25. The summed E-state index contributed by atoms with van der Waals surface area (Å²) in [4.78, 5) is 13.0. The molecule has 0 saturated carbocycles. The minimum Gasteiger partial charge on any atom is -0.494 e. The molecule has 0 spiro atoms. The molecule has 4 aromatic rings. The second kappa shape index (κ2) is 10.1. The molecule has 2 aromatic carbocycles. The molecule has 2 aromatic heterocycles.